The molecule has 1 fully saturated rings. The molecule has 138 valence electrons. The van der Waals surface area contributed by atoms with E-state index in [2.05, 4.69) is 4.90 Å². The minimum absolute atomic E-state index is 0.0682. The molecule has 26 heavy (non-hydrogen) atoms. The molecule has 0 aliphatic carbocycles. The van der Waals surface area contributed by atoms with Gasteiger partial charge in [-0.15, -0.1) is 0 Å². The van der Waals surface area contributed by atoms with E-state index in [0.29, 0.717) is 19.7 Å². The van der Waals surface area contributed by atoms with E-state index < -0.39 is 0 Å². The molecule has 0 radical (unpaired) electrons. The standard InChI is InChI=1S/C21H26N2O3/c1-22(2)14-17-7-4-5-10-19(17)21(24)23-11-12-26-20(15-23)16-8-6-9-18(13-16)25-3/h4-10,13,20H,11-12,14-15H2,1-3H3. The van der Waals surface area contributed by atoms with Crippen molar-refractivity contribution in [2.75, 3.05) is 40.9 Å². The van der Waals surface area contributed by atoms with Crippen LogP contribution in [0.2, 0.25) is 0 Å². The van der Waals surface area contributed by atoms with Crippen LogP contribution in [0.25, 0.3) is 0 Å². The number of morpholine rings is 1. The summed E-state index contributed by atoms with van der Waals surface area (Å²) in [7, 11) is 5.67. The smallest absolute Gasteiger partial charge is 0.254 e. The highest BCUT2D eigenvalue weighted by atomic mass is 16.5. The van der Waals surface area contributed by atoms with E-state index >= 15 is 0 Å². The molecule has 2 aromatic carbocycles. The molecule has 3 rings (SSSR count). The monoisotopic (exact) mass is 354 g/mol. The number of benzene rings is 2. The highest BCUT2D eigenvalue weighted by Crippen LogP contribution is 2.26. The Morgan fingerprint density at radius 3 is 2.81 bits per heavy atom. The van der Waals surface area contributed by atoms with Crippen LogP contribution in [0.3, 0.4) is 0 Å². The molecule has 5 heteroatoms. The Balaban J connectivity index is 1.78. The zero-order chi connectivity index (χ0) is 18.5. The van der Waals surface area contributed by atoms with Crippen molar-refractivity contribution < 1.29 is 14.3 Å². The quantitative estimate of drug-likeness (QED) is 0.828. The van der Waals surface area contributed by atoms with Crippen LogP contribution in [0.1, 0.15) is 27.6 Å². The summed E-state index contributed by atoms with van der Waals surface area (Å²) in [4.78, 5) is 17.1. The third-order valence-corrected chi connectivity index (χ3v) is 4.55. The lowest BCUT2D eigenvalue weighted by Crippen LogP contribution is -2.42. The SMILES string of the molecule is COc1cccc(C2CN(C(=O)c3ccccc3CN(C)C)CCO2)c1. The fraction of sp³-hybridized carbons (Fsp3) is 0.381. The number of rotatable bonds is 5. The van der Waals surface area contributed by atoms with Gasteiger partial charge in [0.15, 0.2) is 0 Å². The van der Waals surface area contributed by atoms with Crippen LogP contribution in [0.15, 0.2) is 48.5 Å². The molecule has 0 saturated carbocycles. The number of hydrogen-bond donors (Lipinski definition) is 0. The molecule has 1 heterocycles. The van der Waals surface area contributed by atoms with Gasteiger partial charge in [0.1, 0.15) is 11.9 Å². The van der Waals surface area contributed by atoms with E-state index in [1.807, 2.05) is 67.5 Å². The molecule has 1 amide bonds. The Bertz CT molecular complexity index is 760. The van der Waals surface area contributed by atoms with Crippen molar-refractivity contribution in [1.82, 2.24) is 9.80 Å². The molecule has 0 bridgehead atoms. The zero-order valence-electron chi connectivity index (χ0n) is 15.6. The van der Waals surface area contributed by atoms with Gasteiger partial charge in [0, 0.05) is 18.7 Å². The van der Waals surface area contributed by atoms with Gasteiger partial charge in [-0.05, 0) is 43.4 Å². The first-order valence-electron chi connectivity index (χ1n) is 8.86. The van der Waals surface area contributed by atoms with Gasteiger partial charge in [0.05, 0.1) is 20.3 Å². The van der Waals surface area contributed by atoms with E-state index in [4.69, 9.17) is 9.47 Å². The molecule has 1 aliphatic rings. The van der Waals surface area contributed by atoms with E-state index in [9.17, 15) is 4.79 Å². The molecule has 0 spiro atoms. The molecule has 2 aromatic rings. The molecule has 5 nitrogen and oxygen atoms in total. The third-order valence-electron chi connectivity index (χ3n) is 4.55. The fourth-order valence-electron chi connectivity index (χ4n) is 3.26. The van der Waals surface area contributed by atoms with Gasteiger partial charge in [0.25, 0.3) is 5.91 Å². The average Bonchev–Trinajstić information content (AvgIpc) is 2.67. The second-order valence-corrected chi connectivity index (χ2v) is 6.78. The van der Waals surface area contributed by atoms with Gasteiger partial charge in [-0.1, -0.05) is 30.3 Å². The Kier molecular flexibility index (Phi) is 5.91. The van der Waals surface area contributed by atoms with Crippen LogP contribution in [0, 0.1) is 0 Å². The highest BCUT2D eigenvalue weighted by molar-refractivity contribution is 5.95. The molecular formula is C21H26N2O3. The van der Waals surface area contributed by atoms with E-state index in [1.165, 1.54) is 0 Å². The average molecular weight is 354 g/mol. The highest BCUT2D eigenvalue weighted by Gasteiger charge is 2.27. The first-order valence-corrected chi connectivity index (χ1v) is 8.86. The summed E-state index contributed by atoms with van der Waals surface area (Å²) in [6.45, 7) is 2.42. The number of nitrogens with zero attached hydrogens (tertiary/aromatic N) is 2. The summed E-state index contributed by atoms with van der Waals surface area (Å²) in [5.41, 5.74) is 2.85. The lowest BCUT2D eigenvalue weighted by Gasteiger charge is -2.34. The minimum Gasteiger partial charge on any atom is -0.497 e. The van der Waals surface area contributed by atoms with Crippen molar-refractivity contribution >= 4 is 5.91 Å². The van der Waals surface area contributed by atoms with Crippen LogP contribution in [0.5, 0.6) is 5.75 Å². The van der Waals surface area contributed by atoms with Crippen molar-refractivity contribution in [3.8, 4) is 5.75 Å². The van der Waals surface area contributed by atoms with Crippen molar-refractivity contribution in [2.45, 2.75) is 12.6 Å². The van der Waals surface area contributed by atoms with Crippen LogP contribution in [-0.2, 0) is 11.3 Å². The number of amides is 1. The van der Waals surface area contributed by atoms with Crippen molar-refractivity contribution in [1.29, 1.82) is 0 Å². The number of methoxy groups -OCH3 is 1. The number of ether oxygens (including phenoxy) is 2. The van der Waals surface area contributed by atoms with Gasteiger partial charge in [-0.3, -0.25) is 4.79 Å². The van der Waals surface area contributed by atoms with Crippen molar-refractivity contribution in [2.24, 2.45) is 0 Å². The first kappa shape index (κ1) is 18.4. The molecule has 0 N–H and O–H groups in total. The molecule has 1 atom stereocenters. The fourth-order valence-corrected chi connectivity index (χ4v) is 3.26. The topological polar surface area (TPSA) is 42.0 Å². The summed E-state index contributed by atoms with van der Waals surface area (Å²) in [5, 5.41) is 0. The van der Waals surface area contributed by atoms with Gasteiger partial charge >= 0.3 is 0 Å². The first-order chi connectivity index (χ1) is 12.6. The van der Waals surface area contributed by atoms with Gasteiger partial charge in [0.2, 0.25) is 0 Å². The predicted octanol–water partition coefficient (Wildman–Crippen LogP) is 2.97. The Hall–Kier alpha value is -2.37. The van der Waals surface area contributed by atoms with Gasteiger partial charge < -0.3 is 19.3 Å². The van der Waals surface area contributed by atoms with Crippen molar-refractivity contribution in [3.63, 3.8) is 0 Å². The minimum atomic E-state index is -0.135. The summed E-state index contributed by atoms with van der Waals surface area (Å²) in [6.07, 6.45) is -0.135. The zero-order valence-corrected chi connectivity index (χ0v) is 15.6. The van der Waals surface area contributed by atoms with Gasteiger partial charge in [-0.2, -0.15) is 0 Å². The number of hydrogen-bond acceptors (Lipinski definition) is 4. The second-order valence-electron chi connectivity index (χ2n) is 6.78. The largest absolute Gasteiger partial charge is 0.497 e. The van der Waals surface area contributed by atoms with Crippen LogP contribution >= 0.6 is 0 Å². The second kappa shape index (κ2) is 8.34. The van der Waals surface area contributed by atoms with Crippen LogP contribution in [-0.4, -0.2) is 56.6 Å². The Morgan fingerprint density at radius 2 is 2.04 bits per heavy atom. The van der Waals surface area contributed by atoms with Crippen LogP contribution < -0.4 is 4.74 Å². The van der Waals surface area contributed by atoms with Gasteiger partial charge in [-0.25, -0.2) is 0 Å². The summed E-state index contributed by atoms with van der Waals surface area (Å²) in [6, 6.07) is 15.7. The van der Waals surface area contributed by atoms with E-state index in [0.717, 1.165) is 29.0 Å². The molecule has 0 aromatic heterocycles. The third kappa shape index (κ3) is 4.23. The summed E-state index contributed by atoms with van der Waals surface area (Å²) in [5.74, 6) is 0.865. The Morgan fingerprint density at radius 1 is 1.23 bits per heavy atom. The predicted molar refractivity (Wildman–Crippen MR) is 101 cm³/mol. The molecule has 1 saturated heterocycles. The Labute approximate surface area is 155 Å². The normalized spacial score (nSPS) is 17.4. The number of carbonyl (C=O) groups is 1. The van der Waals surface area contributed by atoms with E-state index in [-0.39, 0.29) is 12.0 Å². The summed E-state index contributed by atoms with van der Waals surface area (Å²) >= 11 is 0. The lowest BCUT2D eigenvalue weighted by atomic mass is 10.0. The maximum atomic E-state index is 13.1. The molecule has 1 aliphatic heterocycles. The van der Waals surface area contributed by atoms with Crippen LogP contribution in [0.4, 0.5) is 0 Å². The maximum absolute atomic E-state index is 13.1. The molecular weight excluding hydrogens is 328 g/mol. The maximum Gasteiger partial charge on any atom is 0.254 e. The molecule has 1 unspecified atom stereocenters. The number of carbonyl (C=O) groups excluding carboxylic acids is 1. The van der Waals surface area contributed by atoms with E-state index in [1.54, 1.807) is 7.11 Å². The lowest BCUT2D eigenvalue weighted by molar-refractivity contribution is -0.0229. The summed E-state index contributed by atoms with van der Waals surface area (Å²) < 4.78 is 11.2. The van der Waals surface area contributed by atoms with Crippen molar-refractivity contribution in [3.05, 3.63) is 65.2 Å².